The van der Waals surface area contributed by atoms with E-state index in [2.05, 4.69) is 46.1 Å². The van der Waals surface area contributed by atoms with Gasteiger partial charge in [0.1, 0.15) is 12.4 Å². The molecular formula is C26H37N5O3. The summed E-state index contributed by atoms with van der Waals surface area (Å²) in [5, 5.41) is 4.22. The van der Waals surface area contributed by atoms with Crippen molar-refractivity contribution in [3.05, 3.63) is 36.7 Å². The first-order valence-electron chi connectivity index (χ1n) is 12.7. The molecule has 0 radical (unpaired) electrons. The minimum Gasteiger partial charge on any atom is -0.494 e. The number of aryl methyl sites for hydroxylation is 1. The third-order valence-corrected chi connectivity index (χ3v) is 7.68. The molecule has 0 N–H and O–H groups in total. The summed E-state index contributed by atoms with van der Waals surface area (Å²) >= 11 is 0. The van der Waals surface area contributed by atoms with Crippen LogP contribution in [0, 0.1) is 0 Å². The van der Waals surface area contributed by atoms with Gasteiger partial charge in [-0.05, 0) is 69.8 Å². The summed E-state index contributed by atoms with van der Waals surface area (Å²) in [5.41, 5.74) is 1.78. The van der Waals surface area contributed by atoms with Gasteiger partial charge in [-0.2, -0.15) is 5.10 Å². The van der Waals surface area contributed by atoms with Gasteiger partial charge in [0.05, 0.1) is 30.6 Å². The highest BCUT2D eigenvalue weighted by molar-refractivity contribution is 5.95. The summed E-state index contributed by atoms with van der Waals surface area (Å²) in [4.78, 5) is 19.3. The lowest BCUT2D eigenvalue weighted by Gasteiger charge is -2.47. The van der Waals surface area contributed by atoms with Crippen LogP contribution in [-0.4, -0.2) is 78.2 Å². The van der Waals surface area contributed by atoms with Gasteiger partial charge in [-0.3, -0.25) is 9.48 Å². The zero-order valence-corrected chi connectivity index (χ0v) is 20.5. The van der Waals surface area contributed by atoms with Crippen molar-refractivity contribution in [2.45, 2.75) is 50.7 Å². The predicted octanol–water partition coefficient (Wildman–Crippen LogP) is 3.08. The quantitative estimate of drug-likeness (QED) is 0.584. The summed E-state index contributed by atoms with van der Waals surface area (Å²) in [6.45, 7) is 7.99. The van der Waals surface area contributed by atoms with E-state index in [4.69, 9.17) is 9.47 Å². The monoisotopic (exact) mass is 467 g/mol. The fourth-order valence-electron chi connectivity index (χ4n) is 5.51. The number of carbonyl (C=O) groups excluding carboxylic acids is 1. The van der Waals surface area contributed by atoms with E-state index in [1.807, 2.05) is 18.1 Å². The lowest BCUT2D eigenvalue weighted by molar-refractivity contribution is -0.141. The Morgan fingerprint density at radius 1 is 1.15 bits per heavy atom. The minimum absolute atomic E-state index is 0.00610. The Balaban J connectivity index is 1.10. The number of hydrogen-bond donors (Lipinski definition) is 0. The van der Waals surface area contributed by atoms with E-state index in [1.54, 1.807) is 10.9 Å². The second-order valence-electron chi connectivity index (χ2n) is 10.0. The molecule has 0 saturated carbocycles. The molecule has 8 nitrogen and oxygen atoms in total. The molecule has 3 aliphatic heterocycles. The molecule has 184 valence electrons. The molecule has 1 amide bonds. The van der Waals surface area contributed by atoms with E-state index in [0.29, 0.717) is 6.54 Å². The third kappa shape index (κ3) is 5.08. The fraction of sp³-hybridized carbons (Fsp3) is 0.615. The Bertz CT molecular complexity index is 967. The Hall–Kier alpha value is -2.58. The second kappa shape index (κ2) is 9.96. The van der Waals surface area contributed by atoms with E-state index in [9.17, 15) is 4.79 Å². The number of anilines is 2. The number of piperidine rings is 1. The molecule has 5 rings (SSSR count). The predicted molar refractivity (Wildman–Crippen MR) is 133 cm³/mol. The Morgan fingerprint density at radius 2 is 1.94 bits per heavy atom. The van der Waals surface area contributed by atoms with Gasteiger partial charge in [0, 0.05) is 44.6 Å². The minimum atomic E-state index is -0.282. The number of carbonyl (C=O) groups is 1. The van der Waals surface area contributed by atoms with Crippen LogP contribution in [0.15, 0.2) is 36.7 Å². The molecule has 3 aliphatic rings. The van der Waals surface area contributed by atoms with Crippen molar-refractivity contribution in [2.75, 3.05) is 55.7 Å². The zero-order valence-electron chi connectivity index (χ0n) is 20.5. The lowest BCUT2D eigenvalue weighted by atomic mass is 9.89. The summed E-state index contributed by atoms with van der Waals surface area (Å²) in [5.74, 6) is 0.944. The maximum absolute atomic E-state index is 12.5. The number of nitrogens with zero attached hydrogens (tertiary/aromatic N) is 5. The van der Waals surface area contributed by atoms with Crippen LogP contribution in [0.25, 0.3) is 0 Å². The highest BCUT2D eigenvalue weighted by Gasteiger charge is 2.43. The maximum Gasteiger partial charge on any atom is 0.253 e. The number of morpholine rings is 1. The molecular weight excluding hydrogens is 430 g/mol. The van der Waals surface area contributed by atoms with Gasteiger partial charge >= 0.3 is 0 Å². The third-order valence-electron chi connectivity index (χ3n) is 7.68. The summed E-state index contributed by atoms with van der Waals surface area (Å²) in [6, 6.07) is 9.20. The van der Waals surface area contributed by atoms with Crippen molar-refractivity contribution < 1.29 is 14.3 Å². The molecule has 8 heteroatoms. The molecule has 1 aromatic carbocycles. The fourth-order valence-corrected chi connectivity index (χ4v) is 5.51. The Kier molecular flexibility index (Phi) is 6.79. The van der Waals surface area contributed by atoms with E-state index in [-0.39, 0.29) is 18.1 Å². The highest BCUT2D eigenvalue weighted by atomic mass is 16.5. The van der Waals surface area contributed by atoms with Crippen LogP contribution >= 0.6 is 0 Å². The van der Waals surface area contributed by atoms with Crippen LogP contribution in [0.2, 0.25) is 0 Å². The SMILES string of the molecule is C[C@H]1CCCN1CCCOc1ccc(N2CCC3(CC2)CN(c2cnn(C)c2)C(=O)CO3)cc1. The highest BCUT2D eigenvalue weighted by Crippen LogP contribution is 2.34. The summed E-state index contributed by atoms with van der Waals surface area (Å²) < 4.78 is 13.8. The first-order chi connectivity index (χ1) is 16.5. The lowest BCUT2D eigenvalue weighted by Crippen LogP contribution is -2.59. The number of ether oxygens (including phenoxy) is 2. The summed E-state index contributed by atoms with van der Waals surface area (Å²) in [7, 11) is 1.87. The van der Waals surface area contributed by atoms with E-state index < -0.39 is 0 Å². The van der Waals surface area contributed by atoms with Gasteiger partial charge in [0.25, 0.3) is 5.91 Å². The first-order valence-corrected chi connectivity index (χ1v) is 12.7. The molecule has 1 atom stereocenters. The van der Waals surface area contributed by atoms with Crippen molar-refractivity contribution in [2.24, 2.45) is 7.05 Å². The van der Waals surface area contributed by atoms with Gasteiger partial charge < -0.3 is 24.2 Å². The number of benzene rings is 1. The van der Waals surface area contributed by atoms with E-state index in [0.717, 1.165) is 63.0 Å². The van der Waals surface area contributed by atoms with Crippen molar-refractivity contribution >= 4 is 17.3 Å². The van der Waals surface area contributed by atoms with Gasteiger partial charge in [0.15, 0.2) is 0 Å². The maximum atomic E-state index is 12.5. The smallest absolute Gasteiger partial charge is 0.253 e. The topological polar surface area (TPSA) is 63.1 Å². The van der Waals surface area contributed by atoms with E-state index in [1.165, 1.54) is 25.1 Å². The number of rotatable bonds is 7. The van der Waals surface area contributed by atoms with Crippen LogP contribution in [0.1, 0.15) is 39.0 Å². The van der Waals surface area contributed by atoms with Gasteiger partial charge in [-0.25, -0.2) is 0 Å². The van der Waals surface area contributed by atoms with Crippen molar-refractivity contribution in [3.63, 3.8) is 0 Å². The normalized spacial score (nSPS) is 23.1. The number of amides is 1. The van der Waals surface area contributed by atoms with Gasteiger partial charge in [0.2, 0.25) is 0 Å². The molecule has 4 heterocycles. The molecule has 3 saturated heterocycles. The Labute approximate surface area is 202 Å². The van der Waals surface area contributed by atoms with Gasteiger partial charge in [-0.1, -0.05) is 0 Å². The molecule has 2 aromatic rings. The van der Waals surface area contributed by atoms with Crippen molar-refractivity contribution in [1.29, 1.82) is 0 Å². The second-order valence-corrected chi connectivity index (χ2v) is 10.0. The standard InChI is InChI=1S/C26H37N5O3/c1-21-5-3-12-29(21)13-4-16-33-24-8-6-22(7-9-24)30-14-10-26(11-15-30)20-31(25(32)19-34-26)23-17-27-28(2)18-23/h6-9,17-18,21H,3-5,10-16,19-20H2,1-2H3/t21-/m0/s1. The zero-order chi connectivity index (χ0) is 23.5. The van der Waals surface area contributed by atoms with Crippen molar-refractivity contribution in [3.8, 4) is 5.75 Å². The molecule has 0 bridgehead atoms. The molecule has 1 spiro atoms. The van der Waals surface area contributed by atoms with E-state index >= 15 is 0 Å². The van der Waals surface area contributed by atoms with Crippen LogP contribution in [-0.2, 0) is 16.6 Å². The van der Waals surface area contributed by atoms with Crippen LogP contribution in [0.5, 0.6) is 5.75 Å². The van der Waals surface area contributed by atoms with Crippen LogP contribution in [0.3, 0.4) is 0 Å². The number of hydrogen-bond acceptors (Lipinski definition) is 6. The molecule has 1 aromatic heterocycles. The number of likely N-dealkylation sites (tertiary alicyclic amines) is 1. The average molecular weight is 468 g/mol. The average Bonchev–Trinajstić information content (AvgIpc) is 3.47. The number of aromatic nitrogens is 2. The summed E-state index contributed by atoms with van der Waals surface area (Å²) in [6.07, 6.45) is 9.15. The van der Waals surface area contributed by atoms with Crippen molar-refractivity contribution in [1.82, 2.24) is 14.7 Å². The molecule has 34 heavy (non-hydrogen) atoms. The largest absolute Gasteiger partial charge is 0.494 e. The molecule has 0 unspecified atom stereocenters. The van der Waals surface area contributed by atoms with Crippen LogP contribution in [0.4, 0.5) is 11.4 Å². The van der Waals surface area contributed by atoms with Gasteiger partial charge in [-0.15, -0.1) is 0 Å². The first kappa shape index (κ1) is 23.2. The molecule has 0 aliphatic carbocycles. The van der Waals surface area contributed by atoms with Crippen LogP contribution < -0.4 is 14.5 Å². The molecule has 3 fully saturated rings. The Morgan fingerprint density at radius 3 is 2.62 bits per heavy atom.